The van der Waals surface area contributed by atoms with Crippen LogP contribution in [-0.2, 0) is 21.4 Å². The zero-order valence-electron chi connectivity index (χ0n) is 22.4. The highest BCUT2D eigenvalue weighted by Gasteiger charge is 2.30. The van der Waals surface area contributed by atoms with Crippen molar-refractivity contribution in [2.75, 3.05) is 32.0 Å². The lowest BCUT2D eigenvalue weighted by molar-refractivity contribution is -0.141. The van der Waals surface area contributed by atoms with Crippen LogP contribution in [0, 0.1) is 11.8 Å². The number of halogens is 1. The molecule has 4 heterocycles. The van der Waals surface area contributed by atoms with E-state index < -0.39 is 18.7 Å². The number of carbonyl (C=O) groups is 2. The van der Waals surface area contributed by atoms with Gasteiger partial charge in [0.15, 0.2) is 5.13 Å². The first-order valence-electron chi connectivity index (χ1n) is 13.1. The molecule has 210 valence electrons. The van der Waals surface area contributed by atoms with E-state index in [2.05, 4.69) is 4.98 Å². The number of aliphatic carboxylic acids is 1. The van der Waals surface area contributed by atoms with Crippen LogP contribution in [0.25, 0.3) is 33.4 Å². The number of aryl methyl sites for hydroxylation is 1. The van der Waals surface area contributed by atoms with Gasteiger partial charge in [0, 0.05) is 67.5 Å². The fourth-order valence-corrected chi connectivity index (χ4v) is 6.01. The van der Waals surface area contributed by atoms with Crippen LogP contribution in [0.3, 0.4) is 0 Å². The molecule has 11 heteroatoms. The number of pyridine rings is 1. The Labute approximate surface area is 235 Å². The molecule has 3 aromatic heterocycles. The highest BCUT2D eigenvalue weighted by Crippen LogP contribution is 2.38. The van der Waals surface area contributed by atoms with Crippen molar-refractivity contribution in [2.24, 2.45) is 18.9 Å². The first-order chi connectivity index (χ1) is 19.3. The van der Waals surface area contributed by atoms with E-state index in [1.807, 2.05) is 41.4 Å². The topological polar surface area (TPSA) is 107 Å². The van der Waals surface area contributed by atoms with Gasteiger partial charge in [-0.25, -0.2) is 14.4 Å². The van der Waals surface area contributed by atoms with E-state index in [-0.39, 0.29) is 18.2 Å². The molecule has 1 atom stereocenters. The summed E-state index contributed by atoms with van der Waals surface area (Å²) >= 11 is 1.28. The molecule has 1 saturated heterocycles. The minimum atomic E-state index is -1.00. The van der Waals surface area contributed by atoms with E-state index in [1.54, 1.807) is 25.4 Å². The number of ether oxygens (including phenoxy) is 2. The Hall–Kier alpha value is -3.83. The van der Waals surface area contributed by atoms with Crippen LogP contribution in [0.2, 0.25) is 0 Å². The number of aromatic nitrogens is 3. The highest BCUT2D eigenvalue weighted by atomic mass is 32.1. The Morgan fingerprint density at radius 2 is 2.05 bits per heavy atom. The molecule has 0 saturated carbocycles. The lowest BCUT2D eigenvalue weighted by atomic mass is 9.86. The maximum absolute atomic E-state index is 13.5. The van der Waals surface area contributed by atoms with E-state index in [4.69, 9.17) is 14.5 Å². The van der Waals surface area contributed by atoms with Gasteiger partial charge in [0.2, 0.25) is 12.8 Å². The number of carboxylic acids is 1. The molecule has 40 heavy (non-hydrogen) atoms. The van der Waals surface area contributed by atoms with Gasteiger partial charge in [-0.3, -0.25) is 14.5 Å². The quantitative estimate of drug-likeness (QED) is 0.269. The Morgan fingerprint density at radius 1 is 1.25 bits per heavy atom. The van der Waals surface area contributed by atoms with Crippen molar-refractivity contribution >= 4 is 39.4 Å². The Bertz CT molecular complexity index is 1510. The second-order valence-corrected chi connectivity index (χ2v) is 10.9. The molecule has 5 rings (SSSR count). The average Bonchev–Trinajstić information content (AvgIpc) is 3.59. The number of nitrogens with zero attached hydrogens (tertiary/aromatic N) is 4. The molecule has 0 aliphatic carbocycles. The van der Waals surface area contributed by atoms with Gasteiger partial charge in [-0.15, -0.1) is 11.3 Å². The summed E-state index contributed by atoms with van der Waals surface area (Å²) in [5, 5.41) is 12.7. The summed E-state index contributed by atoms with van der Waals surface area (Å²) in [4.78, 5) is 35.9. The predicted octanol–water partition coefficient (Wildman–Crippen LogP) is 5.54. The van der Waals surface area contributed by atoms with Gasteiger partial charge in [0.1, 0.15) is 11.4 Å². The molecule has 1 amide bonds. The molecule has 0 radical (unpaired) electrons. The molecule has 0 unspecified atom stereocenters. The molecule has 9 nitrogen and oxygen atoms in total. The standard InChI is InChI=1S/C29H31FN4O5S/c1-33-8-5-19-12-21(15-31-27(19)33)23-4-3-22(39-17-30)14-24(23)25-16-40-29(32-25)34(2)28(37)20(13-26(35)36)11-18-6-9-38-10-7-18/h3-5,8,12,14-16,18,20H,6-7,9-11,13,17H2,1-2H3,(H,35,36)/t20-/m1/s1. The normalized spacial score (nSPS) is 14.8. The summed E-state index contributed by atoms with van der Waals surface area (Å²) in [6.07, 6.45) is 5.63. The Morgan fingerprint density at radius 3 is 2.80 bits per heavy atom. The first-order valence-corrected chi connectivity index (χ1v) is 14.0. The zero-order valence-corrected chi connectivity index (χ0v) is 23.2. The van der Waals surface area contributed by atoms with Gasteiger partial charge < -0.3 is 19.1 Å². The van der Waals surface area contributed by atoms with Crippen LogP contribution in [0.5, 0.6) is 5.75 Å². The molecule has 0 spiro atoms. The van der Waals surface area contributed by atoms with E-state index in [0.29, 0.717) is 41.8 Å². The molecule has 1 aromatic carbocycles. The number of thiazole rings is 1. The lowest BCUT2D eigenvalue weighted by Gasteiger charge is -2.27. The summed E-state index contributed by atoms with van der Waals surface area (Å²) in [7, 11) is 3.56. The first kappa shape index (κ1) is 27.7. The Balaban J connectivity index is 1.45. The van der Waals surface area contributed by atoms with Gasteiger partial charge in [0.05, 0.1) is 12.1 Å². The second-order valence-electron chi connectivity index (χ2n) is 10.0. The molecular weight excluding hydrogens is 535 g/mol. The number of anilines is 1. The SMILES string of the molecule is CN(C(=O)[C@@H](CC(=O)O)CC1CCOCC1)c1nc(-c2cc(OCF)ccc2-c2cnc3c(ccn3C)c2)cs1. The van der Waals surface area contributed by atoms with E-state index in [0.717, 1.165) is 35.0 Å². The fourth-order valence-electron chi connectivity index (χ4n) is 5.22. The summed E-state index contributed by atoms with van der Waals surface area (Å²) in [5.74, 6) is -1.33. The minimum absolute atomic E-state index is 0.236. The van der Waals surface area contributed by atoms with Gasteiger partial charge in [-0.2, -0.15) is 0 Å². The number of carboxylic acid groups (broad SMARTS) is 1. The molecule has 1 N–H and O–H groups in total. The Kier molecular flexibility index (Phi) is 8.41. The molecule has 0 bridgehead atoms. The van der Waals surface area contributed by atoms with Crippen molar-refractivity contribution in [1.29, 1.82) is 0 Å². The number of hydrogen-bond donors (Lipinski definition) is 1. The average molecular weight is 567 g/mol. The van der Waals surface area contributed by atoms with E-state index in [9.17, 15) is 19.1 Å². The number of fused-ring (bicyclic) bond motifs is 1. The zero-order chi connectivity index (χ0) is 28.2. The van der Waals surface area contributed by atoms with Crippen molar-refractivity contribution < 1.29 is 28.6 Å². The number of alkyl halides is 1. The summed E-state index contributed by atoms with van der Waals surface area (Å²) < 4.78 is 25.5. The molecular formula is C29H31FN4O5S. The van der Waals surface area contributed by atoms with Crippen LogP contribution in [-0.4, -0.2) is 58.6 Å². The van der Waals surface area contributed by atoms with Crippen LogP contribution in [0.15, 0.2) is 48.1 Å². The minimum Gasteiger partial charge on any atom is -0.481 e. The van der Waals surface area contributed by atoms with Crippen molar-refractivity contribution in [2.45, 2.75) is 25.7 Å². The maximum Gasteiger partial charge on any atom is 0.304 e. The largest absolute Gasteiger partial charge is 0.481 e. The fraction of sp³-hybridized carbons (Fsp3) is 0.379. The van der Waals surface area contributed by atoms with Gasteiger partial charge in [-0.1, -0.05) is 0 Å². The monoisotopic (exact) mass is 566 g/mol. The van der Waals surface area contributed by atoms with E-state index >= 15 is 0 Å². The number of hydrogen-bond acceptors (Lipinski definition) is 7. The van der Waals surface area contributed by atoms with Crippen molar-refractivity contribution in [3.63, 3.8) is 0 Å². The van der Waals surface area contributed by atoms with Gasteiger partial charge in [-0.05, 0) is 61.1 Å². The third-order valence-corrected chi connectivity index (χ3v) is 8.26. The predicted molar refractivity (Wildman–Crippen MR) is 151 cm³/mol. The number of benzene rings is 1. The number of amides is 1. The van der Waals surface area contributed by atoms with E-state index in [1.165, 1.54) is 16.2 Å². The number of carbonyl (C=O) groups excluding carboxylic acids is 1. The summed E-state index contributed by atoms with van der Waals surface area (Å²) in [6.45, 7) is 0.295. The second kappa shape index (κ2) is 12.1. The highest BCUT2D eigenvalue weighted by molar-refractivity contribution is 7.14. The van der Waals surface area contributed by atoms with Crippen LogP contribution in [0.1, 0.15) is 25.7 Å². The summed E-state index contributed by atoms with van der Waals surface area (Å²) in [6, 6.07) is 9.29. The number of rotatable bonds is 10. The lowest BCUT2D eigenvalue weighted by Crippen LogP contribution is -2.35. The molecule has 1 fully saturated rings. The third-order valence-electron chi connectivity index (χ3n) is 7.34. The smallest absolute Gasteiger partial charge is 0.304 e. The van der Waals surface area contributed by atoms with Crippen LogP contribution < -0.4 is 9.64 Å². The van der Waals surface area contributed by atoms with Crippen LogP contribution in [0.4, 0.5) is 9.52 Å². The summed E-state index contributed by atoms with van der Waals surface area (Å²) in [5.41, 5.74) is 3.84. The molecule has 1 aliphatic rings. The maximum atomic E-state index is 13.5. The third kappa shape index (κ3) is 6.00. The van der Waals surface area contributed by atoms with Crippen LogP contribution >= 0.6 is 11.3 Å². The van der Waals surface area contributed by atoms with Crippen molar-refractivity contribution in [3.05, 3.63) is 48.1 Å². The molecule has 4 aromatic rings. The van der Waals surface area contributed by atoms with Gasteiger partial charge >= 0.3 is 5.97 Å². The van der Waals surface area contributed by atoms with Crippen molar-refractivity contribution in [1.82, 2.24) is 14.5 Å². The van der Waals surface area contributed by atoms with Gasteiger partial charge in [0.25, 0.3) is 0 Å². The molecule has 1 aliphatic heterocycles. The van der Waals surface area contributed by atoms with Crippen molar-refractivity contribution in [3.8, 4) is 28.1 Å².